The molecular weight excluding hydrogens is 973 g/mol. The van der Waals surface area contributed by atoms with Crippen molar-refractivity contribution in [2.24, 2.45) is 0 Å². The molecule has 0 aliphatic heterocycles. The predicted molar refractivity (Wildman–Crippen MR) is 344 cm³/mol. The maximum Gasteiger partial charge on any atom is 0.306 e. The van der Waals surface area contributed by atoms with E-state index in [2.05, 4.69) is 81.5 Å². The normalized spacial score (nSPS) is 12.4. The molecule has 6 heteroatoms. The Morgan fingerprint density at radius 3 is 0.797 bits per heavy atom. The first-order valence-corrected chi connectivity index (χ1v) is 34.8. The van der Waals surface area contributed by atoms with E-state index in [1.54, 1.807) is 0 Å². The molecule has 79 heavy (non-hydrogen) atoms. The summed E-state index contributed by atoms with van der Waals surface area (Å²) in [5.41, 5.74) is 0. The molecule has 0 aromatic rings. The molecule has 0 fully saturated rings. The van der Waals surface area contributed by atoms with E-state index in [-0.39, 0.29) is 31.1 Å². The number of rotatable bonds is 64. The molecule has 0 N–H and O–H groups in total. The Kier molecular flexibility index (Phi) is 65.1. The molecule has 0 aromatic heterocycles. The van der Waals surface area contributed by atoms with Crippen LogP contribution in [0.1, 0.15) is 367 Å². The zero-order valence-corrected chi connectivity index (χ0v) is 52.9. The van der Waals surface area contributed by atoms with Crippen molar-refractivity contribution in [3.05, 3.63) is 60.8 Å². The number of carbonyl (C=O) groups excluding carboxylic acids is 3. The Bertz CT molecular complexity index is 1410. The van der Waals surface area contributed by atoms with Gasteiger partial charge in [0.15, 0.2) is 6.10 Å². The maximum absolute atomic E-state index is 12.9. The highest BCUT2D eigenvalue weighted by molar-refractivity contribution is 5.71. The Morgan fingerprint density at radius 2 is 0.494 bits per heavy atom. The van der Waals surface area contributed by atoms with Crippen LogP contribution in [0.25, 0.3) is 0 Å². The van der Waals surface area contributed by atoms with Crippen molar-refractivity contribution in [3.63, 3.8) is 0 Å². The molecule has 0 radical (unpaired) electrons. The Hall–Kier alpha value is -2.89. The van der Waals surface area contributed by atoms with Crippen LogP contribution in [0, 0.1) is 0 Å². The number of allylic oxidation sites excluding steroid dienone is 10. The standard InChI is InChI=1S/C73H132O6/c1-4-7-10-13-16-19-22-25-27-28-29-30-31-32-33-34-35-36-37-38-39-40-41-42-43-44-46-48-51-54-57-60-63-66-72(75)78-69-70(68-77-71(74)65-62-59-56-53-50-47-24-21-18-15-12-9-6-3)79-73(76)67-64-61-58-55-52-49-45-26-23-20-17-14-11-8-5-2/h9,12,18,21,26,28-29,45,47,50,70H,4-8,10-11,13-17,19-20,22-25,27,30-44,46,48-49,51-69H2,1-3H3/b12-9-,21-18-,29-28-,45-26-,50-47-. The van der Waals surface area contributed by atoms with Gasteiger partial charge in [0, 0.05) is 19.3 Å². The van der Waals surface area contributed by atoms with Crippen LogP contribution < -0.4 is 0 Å². The topological polar surface area (TPSA) is 78.9 Å². The minimum Gasteiger partial charge on any atom is -0.462 e. The van der Waals surface area contributed by atoms with E-state index in [9.17, 15) is 14.4 Å². The molecule has 0 bridgehead atoms. The van der Waals surface area contributed by atoms with Gasteiger partial charge in [0.1, 0.15) is 13.2 Å². The van der Waals surface area contributed by atoms with E-state index in [0.717, 1.165) is 96.3 Å². The quantitative estimate of drug-likeness (QED) is 0.0261. The summed E-state index contributed by atoms with van der Waals surface area (Å²) >= 11 is 0. The minimum absolute atomic E-state index is 0.0838. The number of unbranched alkanes of at least 4 members (excludes halogenated alkanes) is 43. The molecule has 0 saturated heterocycles. The van der Waals surface area contributed by atoms with Crippen molar-refractivity contribution in [1.29, 1.82) is 0 Å². The molecular formula is C73H132O6. The highest BCUT2D eigenvalue weighted by Gasteiger charge is 2.19. The third-order valence-electron chi connectivity index (χ3n) is 15.5. The molecule has 0 aliphatic rings. The Morgan fingerprint density at radius 1 is 0.266 bits per heavy atom. The van der Waals surface area contributed by atoms with Crippen molar-refractivity contribution in [2.75, 3.05) is 13.2 Å². The van der Waals surface area contributed by atoms with Crippen LogP contribution in [0.4, 0.5) is 0 Å². The molecule has 0 spiro atoms. The van der Waals surface area contributed by atoms with Crippen molar-refractivity contribution < 1.29 is 28.6 Å². The van der Waals surface area contributed by atoms with E-state index < -0.39 is 6.10 Å². The number of hydrogen-bond donors (Lipinski definition) is 0. The second kappa shape index (κ2) is 67.6. The first-order valence-electron chi connectivity index (χ1n) is 34.8. The van der Waals surface area contributed by atoms with E-state index in [1.807, 2.05) is 0 Å². The van der Waals surface area contributed by atoms with Crippen LogP contribution in [-0.2, 0) is 28.6 Å². The van der Waals surface area contributed by atoms with Gasteiger partial charge in [-0.05, 0) is 103 Å². The summed E-state index contributed by atoms with van der Waals surface area (Å²) in [4.78, 5) is 38.3. The van der Waals surface area contributed by atoms with Crippen LogP contribution in [-0.4, -0.2) is 37.2 Å². The van der Waals surface area contributed by atoms with Gasteiger partial charge in [0.2, 0.25) is 0 Å². The molecule has 6 nitrogen and oxygen atoms in total. The Labute approximate surface area is 491 Å². The second-order valence-corrected chi connectivity index (χ2v) is 23.4. The zero-order chi connectivity index (χ0) is 57.1. The van der Waals surface area contributed by atoms with Crippen molar-refractivity contribution in [3.8, 4) is 0 Å². The van der Waals surface area contributed by atoms with Gasteiger partial charge in [0.05, 0.1) is 0 Å². The fourth-order valence-corrected chi connectivity index (χ4v) is 10.3. The summed E-state index contributed by atoms with van der Waals surface area (Å²) in [5, 5.41) is 0. The molecule has 0 saturated carbocycles. The lowest BCUT2D eigenvalue weighted by Crippen LogP contribution is -2.30. The molecule has 0 aromatic carbocycles. The van der Waals surface area contributed by atoms with Crippen LogP contribution in [0.2, 0.25) is 0 Å². The summed E-state index contributed by atoms with van der Waals surface area (Å²) in [7, 11) is 0. The molecule has 0 rings (SSSR count). The summed E-state index contributed by atoms with van der Waals surface area (Å²) < 4.78 is 16.9. The van der Waals surface area contributed by atoms with Crippen molar-refractivity contribution >= 4 is 17.9 Å². The van der Waals surface area contributed by atoms with Gasteiger partial charge in [-0.2, -0.15) is 0 Å². The molecule has 1 unspecified atom stereocenters. The fourth-order valence-electron chi connectivity index (χ4n) is 10.3. The van der Waals surface area contributed by atoms with E-state index in [4.69, 9.17) is 14.2 Å². The van der Waals surface area contributed by atoms with Crippen LogP contribution in [0.3, 0.4) is 0 Å². The van der Waals surface area contributed by atoms with Crippen molar-refractivity contribution in [1.82, 2.24) is 0 Å². The SMILES string of the molecule is CC/C=C\C/C=C\C/C=C\CCCCCC(=O)OCC(COC(=O)CCCCCCCCCCCCCCCCCCCCCCC/C=C\CCCCCCCCCC)OC(=O)CCCCCCC/C=C\CCCCCCCC. The second-order valence-electron chi connectivity index (χ2n) is 23.4. The third-order valence-corrected chi connectivity index (χ3v) is 15.5. The predicted octanol–water partition coefficient (Wildman–Crippen LogP) is 23.9. The summed E-state index contributed by atoms with van der Waals surface area (Å²) in [6.45, 7) is 6.53. The third kappa shape index (κ3) is 65.8. The highest BCUT2D eigenvalue weighted by Crippen LogP contribution is 2.18. The van der Waals surface area contributed by atoms with Crippen LogP contribution >= 0.6 is 0 Å². The smallest absolute Gasteiger partial charge is 0.306 e. The average Bonchev–Trinajstić information content (AvgIpc) is 3.45. The monoisotopic (exact) mass is 1110 g/mol. The van der Waals surface area contributed by atoms with Gasteiger partial charge in [-0.1, -0.05) is 306 Å². The zero-order valence-electron chi connectivity index (χ0n) is 52.9. The maximum atomic E-state index is 12.9. The van der Waals surface area contributed by atoms with E-state index >= 15 is 0 Å². The minimum atomic E-state index is -0.790. The lowest BCUT2D eigenvalue weighted by atomic mass is 10.0. The molecule has 0 aliphatic carbocycles. The van der Waals surface area contributed by atoms with Crippen LogP contribution in [0.15, 0.2) is 60.8 Å². The van der Waals surface area contributed by atoms with Gasteiger partial charge >= 0.3 is 17.9 Å². The largest absolute Gasteiger partial charge is 0.462 e. The molecule has 1 atom stereocenters. The van der Waals surface area contributed by atoms with Gasteiger partial charge in [0.25, 0.3) is 0 Å². The fraction of sp³-hybridized carbons (Fsp3) is 0.822. The average molecular weight is 1110 g/mol. The van der Waals surface area contributed by atoms with Gasteiger partial charge in [-0.15, -0.1) is 0 Å². The lowest BCUT2D eigenvalue weighted by Gasteiger charge is -2.18. The molecule has 0 heterocycles. The van der Waals surface area contributed by atoms with Gasteiger partial charge < -0.3 is 14.2 Å². The number of esters is 3. The highest BCUT2D eigenvalue weighted by atomic mass is 16.6. The summed E-state index contributed by atoms with van der Waals surface area (Å²) in [5.74, 6) is -0.905. The Balaban J connectivity index is 4.11. The van der Waals surface area contributed by atoms with E-state index in [0.29, 0.717) is 19.3 Å². The molecule has 460 valence electrons. The first kappa shape index (κ1) is 76.1. The number of hydrogen-bond acceptors (Lipinski definition) is 6. The number of ether oxygens (including phenoxy) is 3. The summed E-state index contributed by atoms with van der Waals surface area (Å²) in [6, 6.07) is 0. The van der Waals surface area contributed by atoms with Gasteiger partial charge in [-0.3, -0.25) is 14.4 Å². The summed E-state index contributed by atoms with van der Waals surface area (Å²) in [6.07, 6.45) is 87.0. The lowest BCUT2D eigenvalue weighted by molar-refractivity contribution is -0.167. The molecule has 0 amide bonds. The van der Waals surface area contributed by atoms with Gasteiger partial charge in [-0.25, -0.2) is 0 Å². The first-order chi connectivity index (χ1) is 39.0. The van der Waals surface area contributed by atoms with Crippen molar-refractivity contribution in [2.45, 2.75) is 374 Å². The number of carbonyl (C=O) groups is 3. The van der Waals surface area contributed by atoms with Crippen LogP contribution in [0.5, 0.6) is 0 Å². The van der Waals surface area contributed by atoms with E-state index in [1.165, 1.54) is 231 Å².